The Labute approximate surface area is 118 Å². The summed E-state index contributed by atoms with van der Waals surface area (Å²) in [5, 5.41) is 9.83. The van der Waals surface area contributed by atoms with Crippen LogP contribution in [-0.4, -0.2) is 41.5 Å². The molecule has 0 aliphatic rings. The Balaban J connectivity index is 3.01. The summed E-state index contributed by atoms with van der Waals surface area (Å²) in [5.41, 5.74) is 0.252. The number of phenols is 1. The summed E-state index contributed by atoms with van der Waals surface area (Å²) < 4.78 is 5.08. The number of ether oxygens (including phenoxy) is 1. The topological polar surface area (TPSA) is 49.8 Å². The molecule has 0 bridgehead atoms. The fraction of sp³-hybridized carbons (Fsp3) is 0.500. The van der Waals surface area contributed by atoms with E-state index in [0.29, 0.717) is 18.2 Å². The maximum Gasteiger partial charge on any atom is 0.257 e. The highest BCUT2D eigenvalue weighted by atomic mass is 35.5. The molecule has 1 aromatic rings. The molecule has 0 heterocycles. The number of methoxy groups -OCH3 is 1. The van der Waals surface area contributed by atoms with Crippen LogP contribution in [0.4, 0.5) is 0 Å². The number of carbonyl (C=O) groups is 1. The number of aromatic hydroxyl groups is 1. The van der Waals surface area contributed by atoms with E-state index >= 15 is 0 Å². The fourth-order valence-corrected chi connectivity index (χ4v) is 1.91. The summed E-state index contributed by atoms with van der Waals surface area (Å²) in [6.45, 7) is 4.43. The van der Waals surface area contributed by atoms with Crippen LogP contribution in [-0.2, 0) is 0 Å². The molecule has 1 N–H and O–H groups in total. The summed E-state index contributed by atoms with van der Waals surface area (Å²) in [4.78, 5) is 14.1. The quantitative estimate of drug-likeness (QED) is 0.818. The number of amides is 1. The molecule has 0 aliphatic carbocycles. The minimum absolute atomic E-state index is 0.0395. The van der Waals surface area contributed by atoms with Crippen molar-refractivity contribution in [2.45, 2.75) is 26.3 Å². The first-order chi connectivity index (χ1) is 9.01. The third-order valence-electron chi connectivity index (χ3n) is 2.85. The van der Waals surface area contributed by atoms with E-state index in [0.717, 1.165) is 6.42 Å². The standard InChI is InChI=1S/C14H20ClNO3/c1-10(2)16(8-4-7-15)14(18)12-9-11(19-3)5-6-13(12)17/h5-6,9-10,17H,4,7-8H2,1-3H3. The second kappa shape index (κ2) is 7.24. The fourth-order valence-electron chi connectivity index (χ4n) is 1.79. The minimum atomic E-state index is -0.212. The summed E-state index contributed by atoms with van der Waals surface area (Å²) in [6, 6.07) is 4.67. The zero-order valence-corrected chi connectivity index (χ0v) is 12.3. The molecule has 0 saturated heterocycles. The molecule has 0 spiro atoms. The van der Waals surface area contributed by atoms with Crippen LogP contribution in [0.5, 0.6) is 11.5 Å². The monoisotopic (exact) mass is 285 g/mol. The second-order valence-corrected chi connectivity index (χ2v) is 4.90. The summed E-state index contributed by atoms with van der Waals surface area (Å²) in [7, 11) is 1.52. The van der Waals surface area contributed by atoms with Crippen molar-refractivity contribution < 1.29 is 14.6 Å². The molecular weight excluding hydrogens is 266 g/mol. The van der Waals surface area contributed by atoms with Gasteiger partial charge in [0.1, 0.15) is 11.5 Å². The summed E-state index contributed by atoms with van der Waals surface area (Å²) in [6.07, 6.45) is 0.718. The molecule has 1 aromatic carbocycles. The smallest absolute Gasteiger partial charge is 0.257 e. The second-order valence-electron chi connectivity index (χ2n) is 4.52. The van der Waals surface area contributed by atoms with Crippen LogP contribution in [0.2, 0.25) is 0 Å². The van der Waals surface area contributed by atoms with Crippen LogP contribution in [0.25, 0.3) is 0 Å². The van der Waals surface area contributed by atoms with Crippen molar-refractivity contribution >= 4 is 17.5 Å². The Morgan fingerprint density at radius 2 is 2.16 bits per heavy atom. The van der Waals surface area contributed by atoms with Gasteiger partial charge in [-0.2, -0.15) is 0 Å². The third kappa shape index (κ3) is 4.03. The van der Waals surface area contributed by atoms with E-state index < -0.39 is 0 Å². The van der Waals surface area contributed by atoms with Crippen molar-refractivity contribution in [2.75, 3.05) is 19.5 Å². The summed E-state index contributed by atoms with van der Waals surface area (Å²) in [5.74, 6) is 0.793. The van der Waals surface area contributed by atoms with Crippen molar-refractivity contribution in [1.29, 1.82) is 0 Å². The van der Waals surface area contributed by atoms with Gasteiger partial charge in [-0.15, -0.1) is 11.6 Å². The molecular formula is C14H20ClNO3. The van der Waals surface area contributed by atoms with Gasteiger partial charge in [-0.3, -0.25) is 4.79 Å². The van der Waals surface area contributed by atoms with Crippen LogP contribution in [0.1, 0.15) is 30.6 Å². The van der Waals surface area contributed by atoms with Crippen LogP contribution in [0, 0.1) is 0 Å². The lowest BCUT2D eigenvalue weighted by Gasteiger charge is -2.27. The third-order valence-corrected chi connectivity index (χ3v) is 3.12. The van der Waals surface area contributed by atoms with Gasteiger partial charge in [0.25, 0.3) is 5.91 Å². The van der Waals surface area contributed by atoms with Crippen LogP contribution in [0.15, 0.2) is 18.2 Å². The van der Waals surface area contributed by atoms with Gasteiger partial charge < -0.3 is 14.7 Å². The predicted molar refractivity (Wildman–Crippen MR) is 76.2 cm³/mol. The van der Waals surface area contributed by atoms with Crippen LogP contribution < -0.4 is 4.74 Å². The largest absolute Gasteiger partial charge is 0.507 e. The lowest BCUT2D eigenvalue weighted by molar-refractivity contribution is 0.0703. The molecule has 0 saturated carbocycles. The molecule has 106 valence electrons. The van der Waals surface area contributed by atoms with Gasteiger partial charge in [-0.05, 0) is 38.5 Å². The number of hydrogen-bond donors (Lipinski definition) is 1. The first-order valence-electron chi connectivity index (χ1n) is 6.25. The van der Waals surface area contributed by atoms with E-state index in [9.17, 15) is 9.90 Å². The van der Waals surface area contributed by atoms with Crippen molar-refractivity contribution in [2.24, 2.45) is 0 Å². The molecule has 0 atom stereocenters. The predicted octanol–water partition coefficient (Wildman–Crippen LogP) is 2.88. The SMILES string of the molecule is COc1ccc(O)c(C(=O)N(CCCCl)C(C)C)c1. The van der Waals surface area contributed by atoms with Crippen molar-refractivity contribution in [3.05, 3.63) is 23.8 Å². The average molecular weight is 286 g/mol. The number of hydrogen-bond acceptors (Lipinski definition) is 3. The van der Waals surface area contributed by atoms with Crippen LogP contribution >= 0.6 is 11.6 Å². The van der Waals surface area contributed by atoms with Gasteiger partial charge in [0, 0.05) is 18.5 Å². The number of rotatable bonds is 6. The number of halogens is 1. The maximum absolute atomic E-state index is 12.4. The van der Waals surface area contributed by atoms with Gasteiger partial charge in [0.15, 0.2) is 0 Å². The summed E-state index contributed by atoms with van der Waals surface area (Å²) >= 11 is 5.67. The van der Waals surface area contributed by atoms with Gasteiger partial charge in [0.2, 0.25) is 0 Å². The highest BCUT2D eigenvalue weighted by molar-refractivity contribution is 6.17. The Kier molecular flexibility index (Phi) is 5.96. The number of carbonyl (C=O) groups excluding carboxylic acids is 1. The van der Waals surface area contributed by atoms with Gasteiger partial charge >= 0.3 is 0 Å². The minimum Gasteiger partial charge on any atom is -0.507 e. The van der Waals surface area contributed by atoms with E-state index in [-0.39, 0.29) is 23.3 Å². The van der Waals surface area contributed by atoms with E-state index in [4.69, 9.17) is 16.3 Å². The molecule has 0 aliphatic heterocycles. The van der Waals surface area contributed by atoms with Crippen molar-refractivity contribution in [3.8, 4) is 11.5 Å². The van der Waals surface area contributed by atoms with E-state index in [2.05, 4.69) is 0 Å². The van der Waals surface area contributed by atoms with Gasteiger partial charge in [0.05, 0.1) is 12.7 Å². The highest BCUT2D eigenvalue weighted by Crippen LogP contribution is 2.25. The van der Waals surface area contributed by atoms with Gasteiger partial charge in [-0.25, -0.2) is 0 Å². The molecule has 19 heavy (non-hydrogen) atoms. The molecule has 0 radical (unpaired) electrons. The molecule has 1 amide bonds. The Morgan fingerprint density at radius 1 is 1.47 bits per heavy atom. The zero-order valence-electron chi connectivity index (χ0n) is 11.5. The number of alkyl halides is 1. The lowest BCUT2D eigenvalue weighted by atomic mass is 10.1. The average Bonchev–Trinajstić information content (AvgIpc) is 2.39. The van der Waals surface area contributed by atoms with E-state index in [1.165, 1.54) is 13.2 Å². The molecule has 1 rings (SSSR count). The zero-order chi connectivity index (χ0) is 14.4. The number of phenolic OH excluding ortho intramolecular Hbond substituents is 1. The molecule has 0 aromatic heterocycles. The van der Waals surface area contributed by atoms with Crippen molar-refractivity contribution in [3.63, 3.8) is 0 Å². The highest BCUT2D eigenvalue weighted by Gasteiger charge is 2.21. The Hall–Kier alpha value is -1.42. The Bertz CT molecular complexity index is 435. The molecule has 4 nitrogen and oxygen atoms in total. The van der Waals surface area contributed by atoms with E-state index in [1.807, 2.05) is 13.8 Å². The Morgan fingerprint density at radius 3 is 2.68 bits per heavy atom. The maximum atomic E-state index is 12.4. The van der Waals surface area contributed by atoms with Gasteiger partial charge in [-0.1, -0.05) is 0 Å². The van der Waals surface area contributed by atoms with Crippen molar-refractivity contribution in [1.82, 2.24) is 4.90 Å². The normalized spacial score (nSPS) is 10.6. The molecule has 0 fully saturated rings. The first kappa shape index (κ1) is 15.6. The first-order valence-corrected chi connectivity index (χ1v) is 6.78. The van der Waals surface area contributed by atoms with E-state index in [1.54, 1.807) is 17.0 Å². The molecule has 5 heteroatoms. The number of nitrogens with zero attached hydrogens (tertiary/aromatic N) is 1. The van der Waals surface area contributed by atoms with Crippen LogP contribution in [0.3, 0.4) is 0 Å². The molecule has 0 unspecified atom stereocenters. The lowest BCUT2D eigenvalue weighted by Crippen LogP contribution is -2.37. The number of benzene rings is 1.